The summed E-state index contributed by atoms with van der Waals surface area (Å²) < 4.78 is 57.0. The molecule has 1 atom stereocenters. The van der Waals surface area contributed by atoms with Crippen molar-refractivity contribution in [2.24, 2.45) is 0 Å². The van der Waals surface area contributed by atoms with Gasteiger partial charge in [0.25, 0.3) is 0 Å². The normalized spacial score (nSPS) is 20.7. The maximum Gasteiger partial charge on any atom is 0.516 e. The third kappa shape index (κ3) is 2.30. The van der Waals surface area contributed by atoms with Crippen LogP contribution in [0, 0.1) is 11.3 Å². The van der Waals surface area contributed by atoms with Crippen molar-refractivity contribution in [3.05, 3.63) is 0 Å². The number of halogens is 3. The van der Waals surface area contributed by atoms with E-state index in [1.165, 1.54) is 0 Å². The Kier molecular flexibility index (Phi) is 2.52. The number of hydrogen-bond acceptors (Lipinski definition) is 4. The highest BCUT2D eigenvalue weighted by Crippen LogP contribution is 2.23. The van der Waals surface area contributed by atoms with Gasteiger partial charge in [-0.15, -0.1) is 0 Å². The second-order valence-corrected chi connectivity index (χ2v) is 4.33. The highest BCUT2D eigenvalue weighted by molar-refractivity contribution is 7.90. The number of carbonyl (C=O) groups is 1. The molecule has 1 unspecified atom stereocenters. The van der Waals surface area contributed by atoms with E-state index in [1.807, 2.05) is 0 Å². The van der Waals surface area contributed by atoms with Crippen LogP contribution in [0.3, 0.4) is 0 Å². The first kappa shape index (κ1) is 11.6. The molecular formula is C5H4F3N3O3S. The Hall–Kier alpha value is -1.50. The Morgan fingerprint density at radius 3 is 2.40 bits per heavy atom. The summed E-state index contributed by atoms with van der Waals surface area (Å²) in [6.45, 7) is -0.0737. The minimum Gasteiger partial charge on any atom is -0.303 e. The molecule has 15 heavy (non-hydrogen) atoms. The van der Waals surface area contributed by atoms with Gasteiger partial charge >= 0.3 is 21.6 Å². The van der Waals surface area contributed by atoms with Crippen molar-refractivity contribution in [3.8, 4) is 6.07 Å². The van der Waals surface area contributed by atoms with Crippen LogP contribution in [-0.2, 0) is 10.0 Å². The quantitative estimate of drug-likeness (QED) is 0.643. The van der Waals surface area contributed by atoms with Gasteiger partial charge in [-0.05, 0) is 0 Å². The highest BCUT2D eigenvalue weighted by Gasteiger charge is 2.49. The number of hydrogen-bond donors (Lipinski definition) is 1. The van der Waals surface area contributed by atoms with E-state index in [1.54, 1.807) is 6.07 Å². The minimum absolute atomic E-state index is 0.0737. The molecule has 1 aliphatic heterocycles. The molecule has 0 aliphatic carbocycles. The van der Waals surface area contributed by atoms with Crippen molar-refractivity contribution in [1.29, 1.82) is 5.26 Å². The van der Waals surface area contributed by atoms with Gasteiger partial charge in [-0.25, -0.2) is 9.52 Å². The van der Waals surface area contributed by atoms with E-state index in [2.05, 4.69) is 0 Å². The lowest BCUT2D eigenvalue weighted by molar-refractivity contribution is -0.0445. The van der Waals surface area contributed by atoms with Crippen LogP contribution in [0.2, 0.25) is 0 Å². The Balaban J connectivity index is 2.66. The third-order valence-electron chi connectivity index (χ3n) is 1.55. The van der Waals surface area contributed by atoms with Crippen molar-refractivity contribution in [2.45, 2.75) is 11.6 Å². The fraction of sp³-hybridized carbons (Fsp3) is 0.600. The van der Waals surface area contributed by atoms with Gasteiger partial charge in [0.2, 0.25) is 0 Å². The summed E-state index contributed by atoms with van der Waals surface area (Å²) >= 11 is 0. The smallest absolute Gasteiger partial charge is 0.303 e. The molecule has 0 aromatic rings. The molecule has 1 rings (SSSR count). The predicted octanol–water partition coefficient (Wildman–Crippen LogP) is -0.247. The number of carbonyl (C=O) groups excluding carboxylic acids is 1. The highest BCUT2D eigenvalue weighted by atomic mass is 32.2. The van der Waals surface area contributed by atoms with Crippen LogP contribution in [-0.4, -0.2) is 37.4 Å². The van der Waals surface area contributed by atoms with Crippen LogP contribution in [0.1, 0.15) is 0 Å². The summed E-state index contributed by atoms with van der Waals surface area (Å²) in [5, 5.41) is 8.24. The SMILES string of the molecule is N#CC1CN1C(=O)NS(=O)(=O)C(F)(F)F. The van der Waals surface area contributed by atoms with Crippen molar-refractivity contribution in [3.63, 3.8) is 0 Å². The molecule has 0 aromatic carbocycles. The van der Waals surface area contributed by atoms with Crippen molar-refractivity contribution in [2.75, 3.05) is 6.54 Å². The first-order chi connectivity index (χ1) is 6.69. The van der Waals surface area contributed by atoms with E-state index < -0.39 is 27.6 Å². The molecular weight excluding hydrogens is 239 g/mol. The van der Waals surface area contributed by atoms with E-state index in [4.69, 9.17) is 5.26 Å². The molecule has 0 aromatic heterocycles. The Labute approximate surface area is 82.3 Å². The molecule has 1 aliphatic rings. The molecule has 1 saturated heterocycles. The number of sulfonamides is 1. The molecule has 6 nitrogen and oxygen atoms in total. The summed E-state index contributed by atoms with van der Waals surface area (Å²) in [6.07, 6.45) is 0. The maximum absolute atomic E-state index is 11.8. The van der Waals surface area contributed by atoms with Gasteiger partial charge in [0.05, 0.1) is 12.6 Å². The summed E-state index contributed by atoms with van der Waals surface area (Å²) in [4.78, 5) is 11.5. The van der Waals surface area contributed by atoms with Crippen LogP contribution in [0.5, 0.6) is 0 Å². The fourth-order valence-electron chi connectivity index (χ4n) is 0.706. The average molecular weight is 243 g/mol. The summed E-state index contributed by atoms with van der Waals surface area (Å²) in [5.74, 6) is 0. The fourth-order valence-corrected chi connectivity index (χ4v) is 1.17. The summed E-state index contributed by atoms with van der Waals surface area (Å²) in [5.41, 5.74) is -5.54. The zero-order chi connectivity index (χ0) is 11.9. The molecule has 1 fully saturated rings. The van der Waals surface area contributed by atoms with Gasteiger partial charge in [-0.3, -0.25) is 0 Å². The first-order valence-corrected chi connectivity index (χ1v) is 4.96. The molecule has 0 radical (unpaired) electrons. The number of alkyl halides is 3. The van der Waals surface area contributed by atoms with Crippen molar-refractivity contribution >= 4 is 16.1 Å². The molecule has 0 saturated carbocycles. The number of nitrogens with zero attached hydrogens (tertiary/aromatic N) is 2. The van der Waals surface area contributed by atoms with Crippen molar-refractivity contribution in [1.82, 2.24) is 9.62 Å². The Bertz CT molecular complexity index is 423. The molecule has 0 bridgehead atoms. The van der Waals surface area contributed by atoms with E-state index >= 15 is 0 Å². The van der Waals surface area contributed by atoms with Crippen LogP contribution in [0.25, 0.3) is 0 Å². The predicted molar refractivity (Wildman–Crippen MR) is 39.6 cm³/mol. The van der Waals surface area contributed by atoms with Gasteiger partial charge in [-0.1, -0.05) is 0 Å². The molecule has 2 amide bonds. The summed E-state index contributed by atoms with van der Waals surface area (Å²) in [6, 6.07) is -0.715. The molecule has 84 valence electrons. The second-order valence-electron chi connectivity index (χ2n) is 2.65. The van der Waals surface area contributed by atoms with E-state index in [-0.39, 0.29) is 6.54 Å². The second kappa shape index (κ2) is 3.27. The molecule has 1 heterocycles. The molecule has 0 spiro atoms. The van der Waals surface area contributed by atoms with Crippen LogP contribution in [0.15, 0.2) is 0 Å². The molecule has 1 N–H and O–H groups in total. The third-order valence-corrected chi connectivity index (χ3v) is 2.60. The van der Waals surface area contributed by atoms with Crippen molar-refractivity contribution < 1.29 is 26.4 Å². The average Bonchev–Trinajstić information content (AvgIpc) is 2.79. The van der Waals surface area contributed by atoms with E-state index in [9.17, 15) is 26.4 Å². The largest absolute Gasteiger partial charge is 0.516 e. The number of rotatable bonds is 1. The van der Waals surface area contributed by atoms with Crippen LogP contribution in [0.4, 0.5) is 18.0 Å². The monoisotopic (exact) mass is 243 g/mol. The van der Waals surface area contributed by atoms with E-state index in [0.717, 1.165) is 4.72 Å². The standard InChI is InChI=1S/C5H4F3N3O3S/c6-5(7,8)15(13,14)10-4(12)11-2-3(11)1-9/h3H,2H2,(H,10,12). The van der Waals surface area contributed by atoms with Gasteiger partial charge in [0.1, 0.15) is 6.04 Å². The lowest BCUT2D eigenvalue weighted by atomic mass is 10.5. The lowest BCUT2D eigenvalue weighted by Crippen LogP contribution is -2.42. The minimum atomic E-state index is -5.68. The maximum atomic E-state index is 11.8. The van der Waals surface area contributed by atoms with Gasteiger partial charge in [0, 0.05) is 0 Å². The number of nitriles is 1. The zero-order valence-electron chi connectivity index (χ0n) is 6.95. The number of urea groups is 1. The Morgan fingerprint density at radius 2 is 2.07 bits per heavy atom. The molecule has 10 heteroatoms. The van der Waals surface area contributed by atoms with Crippen LogP contribution < -0.4 is 4.72 Å². The van der Waals surface area contributed by atoms with Gasteiger partial charge in [-0.2, -0.15) is 26.9 Å². The summed E-state index contributed by atoms with van der Waals surface area (Å²) in [7, 11) is -5.68. The van der Waals surface area contributed by atoms with E-state index in [0.29, 0.717) is 4.90 Å². The number of amides is 2. The van der Waals surface area contributed by atoms with Gasteiger partial charge in [0.15, 0.2) is 0 Å². The Morgan fingerprint density at radius 1 is 1.53 bits per heavy atom. The number of nitrogens with one attached hydrogen (secondary N) is 1. The van der Waals surface area contributed by atoms with Gasteiger partial charge < -0.3 is 4.90 Å². The first-order valence-electron chi connectivity index (χ1n) is 3.48. The van der Waals surface area contributed by atoms with Crippen LogP contribution >= 0.6 is 0 Å². The lowest BCUT2D eigenvalue weighted by Gasteiger charge is -2.09. The zero-order valence-corrected chi connectivity index (χ0v) is 7.76. The topological polar surface area (TPSA) is 90.0 Å².